The number of carbonyl (C=O) groups excluding carboxylic acids is 1. The summed E-state index contributed by atoms with van der Waals surface area (Å²) >= 11 is 0. The summed E-state index contributed by atoms with van der Waals surface area (Å²) in [5.74, 6) is -0.734. The Bertz CT molecular complexity index is 1480. The van der Waals surface area contributed by atoms with E-state index < -0.39 is 5.75 Å². The van der Waals surface area contributed by atoms with Crippen LogP contribution in [0.2, 0.25) is 0 Å². The number of fused-ring (bicyclic) bond motifs is 2. The number of aromatic hydroxyl groups is 4. The van der Waals surface area contributed by atoms with Gasteiger partial charge < -0.3 is 20.4 Å². The molecule has 4 aromatic carbocycles. The molecule has 4 N–H and O–H groups in total. The number of hydrogen-bond acceptors (Lipinski definition) is 5. The minimum Gasteiger partial charge on any atom is -0.508 e. The Morgan fingerprint density at radius 1 is 0.735 bits per heavy atom. The molecule has 0 aliphatic carbocycles. The lowest BCUT2D eigenvalue weighted by Gasteiger charge is -2.21. The molecule has 0 aromatic heterocycles. The number of carbonyl (C=O) groups is 1. The molecule has 0 heterocycles. The van der Waals surface area contributed by atoms with Crippen LogP contribution < -0.4 is 0 Å². The van der Waals surface area contributed by atoms with E-state index in [1.54, 1.807) is 6.07 Å². The van der Waals surface area contributed by atoms with Gasteiger partial charge >= 0.3 is 0 Å². The second-order valence-corrected chi connectivity index (χ2v) is 9.68. The Labute approximate surface area is 198 Å². The standard InChI is InChI=1S/C29H30O5/c1-13(2)23-19-9-15(5)18(11-17(19)7-8-22(23)31)25-16(6)10-20-24(14(3)4)29(34)27(32)21(12-30)26(20)28(25)33/h7-14,31-34H,1-6H3. The molecule has 5 nitrogen and oxygen atoms in total. The highest BCUT2D eigenvalue weighted by atomic mass is 16.3. The van der Waals surface area contributed by atoms with Gasteiger partial charge in [-0.25, -0.2) is 0 Å². The molecule has 0 unspecified atom stereocenters. The molecule has 4 aromatic rings. The van der Waals surface area contributed by atoms with Crippen molar-refractivity contribution >= 4 is 27.8 Å². The van der Waals surface area contributed by atoms with Crippen LogP contribution in [0.5, 0.6) is 23.0 Å². The van der Waals surface area contributed by atoms with Crippen LogP contribution in [0.4, 0.5) is 0 Å². The van der Waals surface area contributed by atoms with Gasteiger partial charge in [0.2, 0.25) is 0 Å². The lowest BCUT2D eigenvalue weighted by Crippen LogP contribution is -1.99. The van der Waals surface area contributed by atoms with E-state index in [0.29, 0.717) is 22.8 Å². The summed E-state index contributed by atoms with van der Waals surface area (Å²) in [6.45, 7) is 11.6. The van der Waals surface area contributed by atoms with Crippen molar-refractivity contribution in [1.82, 2.24) is 0 Å². The molecular formula is C29H30O5. The molecule has 5 heteroatoms. The second-order valence-electron chi connectivity index (χ2n) is 9.68. The molecule has 0 aliphatic heterocycles. The third kappa shape index (κ3) is 3.35. The predicted molar refractivity (Wildman–Crippen MR) is 137 cm³/mol. The minimum atomic E-state index is -0.524. The zero-order valence-electron chi connectivity index (χ0n) is 20.3. The third-order valence-electron chi connectivity index (χ3n) is 6.72. The highest BCUT2D eigenvalue weighted by Gasteiger charge is 2.26. The fourth-order valence-electron chi connectivity index (χ4n) is 5.19. The first-order chi connectivity index (χ1) is 16.0. The molecular weight excluding hydrogens is 428 g/mol. The number of hydrogen-bond donors (Lipinski definition) is 4. The van der Waals surface area contributed by atoms with E-state index in [1.807, 2.05) is 65.8 Å². The lowest BCUT2D eigenvalue weighted by molar-refractivity contribution is 0.112. The fourth-order valence-corrected chi connectivity index (χ4v) is 5.19. The molecule has 0 saturated carbocycles. The van der Waals surface area contributed by atoms with E-state index in [-0.39, 0.29) is 40.0 Å². The summed E-state index contributed by atoms with van der Waals surface area (Å²) in [6.07, 6.45) is 0.464. The highest BCUT2D eigenvalue weighted by Crippen LogP contribution is 2.50. The molecule has 0 spiro atoms. The van der Waals surface area contributed by atoms with Crippen molar-refractivity contribution in [3.05, 3.63) is 58.1 Å². The summed E-state index contributed by atoms with van der Waals surface area (Å²) in [6, 6.07) is 9.38. The average molecular weight is 459 g/mol. The third-order valence-corrected chi connectivity index (χ3v) is 6.72. The van der Waals surface area contributed by atoms with E-state index in [0.717, 1.165) is 33.0 Å². The first-order valence-electron chi connectivity index (χ1n) is 11.4. The molecule has 176 valence electrons. The monoisotopic (exact) mass is 458 g/mol. The second kappa shape index (κ2) is 8.24. The van der Waals surface area contributed by atoms with Gasteiger partial charge in [0.05, 0.1) is 5.56 Å². The SMILES string of the molecule is Cc1cc2c(C(C)C)c(O)ccc2cc1-c1c(C)cc2c(C(C)C)c(O)c(O)c(C=O)c2c1O. The van der Waals surface area contributed by atoms with E-state index >= 15 is 0 Å². The zero-order valence-corrected chi connectivity index (χ0v) is 20.3. The van der Waals surface area contributed by atoms with Gasteiger partial charge in [-0.15, -0.1) is 0 Å². The average Bonchev–Trinajstić information content (AvgIpc) is 2.75. The molecule has 0 radical (unpaired) electrons. The Morgan fingerprint density at radius 2 is 1.35 bits per heavy atom. The van der Waals surface area contributed by atoms with Crippen LogP contribution in [0.1, 0.15) is 72.1 Å². The molecule has 34 heavy (non-hydrogen) atoms. The smallest absolute Gasteiger partial charge is 0.169 e. The minimum absolute atomic E-state index is 0.111. The Morgan fingerprint density at radius 3 is 1.94 bits per heavy atom. The first kappa shape index (κ1) is 23.4. The first-order valence-corrected chi connectivity index (χ1v) is 11.4. The van der Waals surface area contributed by atoms with Crippen LogP contribution in [0, 0.1) is 13.8 Å². The van der Waals surface area contributed by atoms with Crippen molar-refractivity contribution in [2.75, 3.05) is 0 Å². The Kier molecular flexibility index (Phi) is 5.68. The van der Waals surface area contributed by atoms with Crippen molar-refractivity contribution in [3.8, 4) is 34.1 Å². The molecule has 0 atom stereocenters. The van der Waals surface area contributed by atoms with Crippen LogP contribution in [0.3, 0.4) is 0 Å². The maximum Gasteiger partial charge on any atom is 0.169 e. The van der Waals surface area contributed by atoms with Crippen LogP contribution in [0.15, 0.2) is 30.3 Å². The molecule has 0 aliphatic rings. The number of aryl methyl sites for hydroxylation is 2. The van der Waals surface area contributed by atoms with Crippen molar-refractivity contribution in [2.45, 2.75) is 53.4 Å². The van der Waals surface area contributed by atoms with Crippen LogP contribution in [-0.2, 0) is 0 Å². The summed E-state index contributed by atoms with van der Waals surface area (Å²) < 4.78 is 0. The van der Waals surface area contributed by atoms with Gasteiger partial charge in [0, 0.05) is 22.1 Å². The predicted octanol–water partition coefficient (Wildman–Crippen LogP) is 7.16. The van der Waals surface area contributed by atoms with Crippen molar-refractivity contribution < 1.29 is 25.2 Å². The van der Waals surface area contributed by atoms with Gasteiger partial charge in [-0.2, -0.15) is 0 Å². The number of phenols is 4. The van der Waals surface area contributed by atoms with E-state index in [1.165, 1.54) is 0 Å². The topological polar surface area (TPSA) is 98.0 Å². The largest absolute Gasteiger partial charge is 0.508 e. The zero-order chi connectivity index (χ0) is 25.1. The summed E-state index contributed by atoms with van der Waals surface area (Å²) in [7, 11) is 0. The molecule has 0 fully saturated rings. The number of benzene rings is 4. The summed E-state index contributed by atoms with van der Waals surface area (Å²) in [4.78, 5) is 11.9. The van der Waals surface area contributed by atoms with E-state index in [4.69, 9.17) is 0 Å². The Hall–Kier alpha value is -3.73. The number of aldehydes is 1. The van der Waals surface area contributed by atoms with Crippen molar-refractivity contribution in [3.63, 3.8) is 0 Å². The summed E-state index contributed by atoms with van der Waals surface area (Å²) in [5.41, 5.74) is 4.25. The van der Waals surface area contributed by atoms with Crippen LogP contribution in [-0.4, -0.2) is 26.7 Å². The Balaban J connectivity index is 2.14. The molecule has 0 saturated heterocycles. The molecule has 0 amide bonds. The highest BCUT2D eigenvalue weighted by molar-refractivity contribution is 6.11. The van der Waals surface area contributed by atoms with Gasteiger partial charge in [-0.05, 0) is 70.7 Å². The summed E-state index contributed by atoms with van der Waals surface area (Å²) in [5, 5.41) is 45.7. The normalized spacial score (nSPS) is 11.8. The van der Waals surface area contributed by atoms with Gasteiger partial charge in [0.1, 0.15) is 11.5 Å². The van der Waals surface area contributed by atoms with E-state index in [9.17, 15) is 25.2 Å². The quantitative estimate of drug-likeness (QED) is 0.192. The van der Waals surface area contributed by atoms with Crippen LogP contribution in [0.25, 0.3) is 32.7 Å². The van der Waals surface area contributed by atoms with Gasteiger partial charge in [-0.3, -0.25) is 4.79 Å². The van der Waals surface area contributed by atoms with Crippen molar-refractivity contribution in [1.29, 1.82) is 0 Å². The van der Waals surface area contributed by atoms with Gasteiger partial charge in [-0.1, -0.05) is 45.9 Å². The maximum absolute atomic E-state index is 11.9. The van der Waals surface area contributed by atoms with Gasteiger partial charge in [0.25, 0.3) is 0 Å². The molecule has 0 bridgehead atoms. The fraction of sp³-hybridized carbons (Fsp3) is 0.276. The lowest BCUT2D eigenvalue weighted by atomic mass is 9.84. The maximum atomic E-state index is 11.9. The van der Waals surface area contributed by atoms with Gasteiger partial charge in [0.15, 0.2) is 17.8 Å². The van der Waals surface area contributed by atoms with E-state index in [2.05, 4.69) is 0 Å². The van der Waals surface area contributed by atoms with Crippen molar-refractivity contribution in [2.24, 2.45) is 0 Å². The van der Waals surface area contributed by atoms with Crippen LogP contribution >= 0.6 is 0 Å². The number of phenolic OH excluding ortho intramolecular Hbond substituents is 4. The number of rotatable bonds is 4. The molecule has 4 rings (SSSR count).